The first kappa shape index (κ1) is 15.1. The second-order valence-electron chi connectivity index (χ2n) is 6.58. The summed E-state index contributed by atoms with van der Waals surface area (Å²) in [7, 11) is 2.14. The number of rotatable bonds is 2. The summed E-state index contributed by atoms with van der Waals surface area (Å²) >= 11 is 0. The average molecular weight is 323 g/mol. The molecule has 3 heterocycles. The molecule has 0 bridgehead atoms. The van der Waals surface area contributed by atoms with Crippen molar-refractivity contribution >= 4 is 11.0 Å². The fraction of sp³-hybridized carbons (Fsp3) is 0.389. The normalized spacial score (nSPS) is 19.0. The Morgan fingerprint density at radius 3 is 2.83 bits per heavy atom. The molecule has 1 N–H and O–H groups in total. The van der Waals surface area contributed by atoms with E-state index in [2.05, 4.69) is 27.2 Å². The van der Waals surface area contributed by atoms with Crippen LogP contribution < -0.4 is 0 Å². The molecule has 1 aliphatic rings. The first-order chi connectivity index (χ1) is 11.6. The van der Waals surface area contributed by atoms with Gasteiger partial charge in [-0.3, -0.25) is 0 Å². The number of para-hydroxylation sites is 1. The second-order valence-corrected chi connectivity index (χ2v) is 6.58. The molecule has 1 saturated heterocycles. The minimum Gasteiger partial charge on any atom is -0.507 e. The van der Waals surface area contributed by atoms with Gasteiger partial charge in [0.2, 0.25) is 0 Å². The Hall–Kier alpha value is -2.47. The molecule has 1 fully saturated rings. The number of aromatic hydroxyl groups is 1. The number of aromatic nitrogens is 4. The SMILES string of the molecule is Cc1c(-c2ccccc2O)nnc2c1cnn2C1CCCN(C)C1. The largest absolute Gasteiger partial charge is 0.507 e. The van der Waals surface area contributed by atoms with E-state index in [0.29, 0.717) is 17.3 Å². The second kappa shape index (κ2) is 5.87. The summed E-state index contributed by atoms with van der Waals surface area (Å²) in [5, 5.41) is 24.5. The number of hydrogen-bond acceptors (Lipinski definition) is 5. The third-order valence-corrected chi connectivity index (χ3v) is 4.88. The van der Waals surface area contributed by atoms with E-state index in [0.717, 1.165) is 36.1 Å². The summed E-state index contributed by atoms with van der Waals surface area (Å²) in [6.45, 7) is 4.13. The molecule has 3 aromatic rings. The highest BCUT2D eigenvalue weighted by Crippen LogP contribution is 2.33. The minimum atomic E-state index is 0.218. The summed E-state index contributed by atoms with van der Waals surface area (Å²) in [4.78, 5) is 2.33. The number of benzene rings is 1. The van der Waals surface area contributed by atoms with Gasteiger partial charge < -0.3 is 10.0 Å². The number of aryl methyl sites for hydroxylation is 1. The molecule has 24 heavy (non-hydrogen) atoms. The van der Waals surface area contributed by atoms with E-state index in [1.807, 2.05) is 29.9 Å². The Bertz CT molecular complexity index is 888. The van der Waals surface area contributed by atoms with E-state index in [1.165, 1.54) is 6.42 Å². The Kier molecular flexibility index (Phi) is 3.69. The van der Waals surface area contributed by atoms with Crippen molar-refractivity contribution < 1.29 is 5.11 Å². The predicted molar refractivity (Wildman–Crippen MR) is 92.9 cm³/mol. The van der Waals surface area contributed by atoms with Gasteiger partial charge in [0.25, 0.3) is 0 Å². The fourth-order valence-corrected chi connectivity index (χ4v) is 3.56. The zero-order valence-corrected chi connectivity index (χ0v) is 14.0. The lowest BCUT2D eigenvalue weighted by molar-refractivity contribution is 0.205. The van der Waals surface area contributed by atoms with Gasteiger partial charge in [0.05, 0.1) is 12.2 Å². The minimum absolute atomic E-state index is 0.218. The molecule has 0 saturated carbocycles. The van der Waals surface area contributed by atoms with Crippen molar-refractivity contribution in [1.82, 2.24) is 24.9 Å². The zero-order chi connectivity index (χ0) is 16.7. The van der Waals surface area contributed by atoms with Crippen molar-refractivity contribution in [1.29, 1.82) is 0 Å². The van der Waals surface area contributed by atoms with Gasteiger partial charge in [-0.05, 0) is 51.1 Å². The zero-order valence-electron chi connectivity index (χ0n) is 14.0. The van der Waals surface area contributed by atoms with Crippen LogP contribution in [0.15, 0.2) is 30.5 Å². The number of likely N-dealkylation sites (N-methyl/N-ethyl adjacent to an activating group) is 1. The maximum atomic E-state index is 10.1. The van der Waals surface area contributed by atoms with Gasteiger partial charge in [-0.15, -0.1) is 10.2 Å². The molecule has 0 radical (unpaired) electrons. The van der Waals surface area contributed by atoms with E-state index < -0.39 is 0 Å². The molecule has 124 valence electrons. The van der Waals surface area contributed by atoms with E-state index in [4.69, 9.17) is 0 Å². The van der Waals surface area contributed by atoms with Crippen LogP contribution >= 0.6 is 0 Å². The van der Waals surface area contributed by atoms with E-state index in [1.54, 1.807) is 12.1 Å². The first-order valence-electron chi connectivity index (χ1n) is 8.32. The molecule has 2 aromatic heterocycles. The lowest BCUT2D eigenvalue weighted by atomic mass is 10.0. The third-order valence-electron chi connectivity index (χ3n) is 4.88. The molecule has 6 heteroatoms. The number of hydrogen-bond donors (Lipinski definition) is 1. The fourth-order valence-electron chi connectivity index (χ4n) is 3.56. The van der Waals surface area contributed by atoms with Gasteiger partial charge in [0, 0.05) is 17.5 Å². The molecule has 6 nitrogen and oxygen atoms in total. The van der Waals surface area contributed by atoms with Gasteiger partial charge in [0.15, 0.2) is 5.65 Å². The lowest BCUT2D eigenvalue weighted by Gasteiger charge is -2.29. The highest BCUT2D eigenvalue weighted by atomic mass is 16.3. The van der Waals surface area contributed by atoms with Crippen LogP contribution in [0.25, 0.3) is 22.3 Å². The lowest BCUT2D eigenvalue weighted by Crippen LogP contribution is -2.34. The Labute approximate surface area is 140 Å². The number of phenols is 1. The van der Waals surface area contributed by atoms with Crippen LogP contribution in [0.1, 0.15) is 24.4 Å². The van der Waals surface area contributed by atoms with Crippen LogP contribution in [0, 0.1) is 6.92 Å². The van der Waals surface area contributed by atoms with Crippen LogP contribution in [0.4, 0.5) is 0 Å². The van der Waals surface area contributed by atoms with Crippen molar-refractivity contribution in [2.75, 3.05) is 20.1 Å². The quantitative estimate of drug-likeness (QED) is 0.785. The summed E-state index contributed by atoms with van der Waals surface area (Å²) in [6, 6.07) is 7.56. The van der Waals surface area contributed by atoms with Crippen LogP contribution in [-0.2, 0) is 0 Å². The van der Waals surface area contributed by atoms with Crippen molar-refractivity contribution in [3.8, 4) is 17.0 Å². The predicted octanol–water partition coefficient (Wildman–Crippen LogP) is 2.77. The number of nitrogens with zero attached hydrogens (tertiary/aromatic N) is 5. The number of fused-ring (bicyclic) bond motifs is 1. The molecule has 0 aliphatic carbocycles. The van der Waals surface area contributed by atoms with Gasteiger partial charge in [-0.25, -0.2) is 4.68 Å². The molecule has 1 aromatic carbocycles. The smallest absolute Gasteiger partial charge is 0.181 e. The third kappa shape index (κ3) is 2.43. The molecular formula is C18H21N5O. The number of phenolic OH excluding ortho intramolecular Hbond substituents is 1. The van der Waals surface area contributed by atoms with Crippen LogP contribution in [0.5, 0.6) is 5.75 Å². The monoisotopic (exact) mass is 323 g/mol. The highest BCUT2D eigenvalue weighted by molar-refractivity contribution is 5.85. The molecule has 1 atom stereocenters. The van der Waals surface area contributed by atoms with Gasteiger partial charge in [-0.2, -0.15) is 5.10 Å². The topological polar surface area (TPSA) is 67.1 Å². The summed E-state index contributed by atoms with van der Waals surface area (Å²) in [5.74, 6) is 0.218. The first-order valence-corrected chi connectivity index (χ1v) is 8.32. The van der Waals surface area contributed by atoms with Gasteiger partial charge in [0.1, 0.15) is 11.4 Å². The van der Waals surface area contributed by atoms with Crippen molar-refractivity contribution in [2.45, 2.75) is 25.8 Å². The summed E-state index contributed by atoms with van der Waals surface area (Å²) < 4.78 is 2.01. The van der Waals surface area contributed by atoms with Gasteiger partial charge >= 0.3 is 0 Å². The summed E-state index contributed by atoms with van der Waals surface area (Å²) in [5.41, 5.74) is 3.24. The standard InChI is InChI=1S/C18H21N5O/c1-12-15-10-19-23(13-6-5-9-22(2)11-13)18(15)21-20-17(12)14-7-3-4-8-16(14)24/h3-4,7-8,10,13,24H,5-6,9,11H2,1-2H3. The van der Waals surface area contributed by atoms with E-state index in [9.17, 15) is 5.11 Å². The summed E-state index contributed by atoms with van der Waals surface area (Å²) in [6.07, 6.45) is 4.16. The van der Waals surface area contributed by atoms with Crippen LogP contribution in [0.3, 0.4) is 0 Å². The van der Waals surface area contributed by atoms with Crippen LogP contribution in [0.2, 0.25) is 0 Å². The number of piperidine rings is 1. The molecule has 4 rings (SSSR count). The Morgan fingerprint density at radius 1 is 1.21 bits per heavy atom. The Balaban J connectivity index is 1.80. The molecule has 1 aliphatic heterocycles. The maximum absolute atomic E-state index is 10.1. The van der Waals surface area contributed by atoms with Crippen molar-refractivity contribution in [3.05, 3.63) is 36.0 Å². The highest BCUT2D eigenvalue weighted by Gasteiger charge is 2.23. The average Bonchev–Trinajstić information content (AvgIpc) is 3.01. The number of likely N-dealkylation sites (tertiary alicyclic amines) is 1. The van der Waals surface area contributed by atoms with E-state index >= 15 is 0 Å². The maximum Gasteiger partial charge on any atom is 0.181 e. The molecule has 0 amide bonds. The molecule has 0 spiro atoms. The molecular weight excluding hydrogens is 302 g/mol. The van der Waals surface area contributed by atoms with E-state index in [-0.39, 0.29) is 5.75 Å². The van der Waals surface area contributed by atoms with Crippen molar-refractivity contribution in [2.24, 2.45) is 0 Å². The van der Waals surface area contributed by atoms with Crippen molar-refractivity contribution in [3.63, 3.8) is 0 Å². The molecule has 1 unspecified atom stereocenters. The van der Waals surface area contributed by atoms with Crippen LogP contribution in [-0.4, -0.2) is 50.1 Å². The van der Waals surface area contributed by atoms with Gasteiger partial charge in [-0.1, -0.05) is 12.1 Å². The Morgan fingerprint density at radius 2 is 2.04 bits per heavy atom.